The number of rotatable bonds is 5. The molecule has 0 radical (unpaired) electrons. The molecule has 2 aromatic heterocycles. The number of anilines is 2. The number of piperazine rings is 1. The van der Waals surface area contributed by atoms with Gasteiger partial charge in [-0.05, 0) is 36.8 Å². The molecule has 9 heteroatoms. The lowest BCUT2D eigenvalue weighted by atomic mass is 10.1. The molecule has 1 N–H and O–H groups in total. The molecule has 0 spiro atoms. The number of nitrogens with zero attached hydrogens (tertiary/aromatic N) is 6. The number of carbonyl (C=O) groups excluding carboxylic acids is 1. The number of aryl methyl sites for hydroxylation is 1. The summed E-state index contributed by atoms with van der Waals surface area (Å²) in [4.78, 5) is 21.0. The van der Waals surface area contributed by atoms with Crippen LogP contribution in [0.3, 0.4) is 0 Å². The standard InChI is InChI=1S/C21H25N7OS/c1-16(30-21-25-23-15-26(21)2)17-5-3-6-18(13-17)24-20(29)28-11-9-27(10-12-28)19-7-4-8-22-14-19/h3-8,13-16H,9-12H2,1-2H3,(H,24,29)/t16-/m0/s1. The summed E-state index contributed by atoms with van der Waals surface area (Å²) in [6.07, 6.45) is 5.33. The Morgan fingerprint density at radius 1 is 1.17 bits per heavy atom. The number of benzene rings is 1. The number of carbonyl (C=O) groups is 1. The van der Waals surface area contributed by atoms with E-state index in [1.165, 1.54) is 0 Å². The fourth-order valence-electron chi connectivity index (χ4n) is 3.39. The Bertz CT molecular complexity index is 986. The van der Waals surface area contributed by atoms with Crippen molar-refractivity contribution in [3.05, 3.63) is 60.7 Å². The van der Waals surface area contributed by atoms with Crippen LogP contribution in [0.4, 0.5) is 16.2 Å². The molecule has 0 saturated carbocycles. The molecule has 3 heterocycles. The molecular weight excluding hydrogens is 398 g/mol. The Morgan fingerprint density at radius 3 is 2.70 bits per heavy atom. The van der Waals surface area contributed by atoms with Gasteiger partial charge in [-0.15, -0.1) is 10.2 Å². The van der Waals surface area contributed by atoms with Crippen molar-refractivity contribution in [2.75, 3.05) is 36.4 Å². The van der Waals surface area contributed by atoms with Crippen LogP contribution in [0.2, 0.25) is 0 Å². The largest absolute Gasteiger partial charge is 0.367 e. The highest BCUT2D eigenvalue weighted by atomic mass is 32.2. The van der Waals surface area contributed by atoms with Crippen LogP contribution in [-0.2, 0) is 7.05 Å². The Balaban J connectivity index is 1.34. The quantitative estimate of drug-likeness (QED) is 0.634. The summed E-state index contributed by atoms with van der Waals surface area (Å²) in [5.41, 5.74) is 3.03. The van der Waals surface area contributed by atoms with E-state index >= 15 is 0 Å². The van der Waals surface area contributed by atoms with Crippen molar-refractivity contribution in [2.45, 2.75) is 17.3 Å². The van der Waals surface area contributed by atoms with Gasteiger partial charge in [-0.3, -0.25) is 4.98 Å². The number of amides is 2. The Labute approximate surface area is 180 Å². The summed E-state index contributed by atoms with van der Waals surface area (Å²) in [7, 11) is 1.93. The van der Waals surface area contributed by atoms with Gasteiger partial charge in [0.1, 0.15) is 6.33 Å². The highest BCUT2D eigenvalue weighted by Crippen LogP contribution is 2.34. The van der Waals surface area contributed by atoms with Crippen LogP contribution in [0.15, 0.2) is 60.3 Å². The zero-order valence-electron chi connectivity index (χ0n) is 17.1. The predicted molar refractivity (Wildman–Crippen MR) is 119 cm³/mol. The van der Waals surface area contributed by atoms with E-state index in [1.54, 1.807) is 24.3 Å². The van der Waals surface area contributed by atoms with Gasteiger partial charge in [-0.25, -0.2) is 4.79 Å². The molecule has 156 valence electrons. The van der Waals surface area contributed by atoms with Gasteiger partial charge in [-0.2, -0.15) is 0 Å². The molecule has 0 aliphatic carbocycles. The average Bonchev–Trinajstić information content (AvgIpc) is 3.19. The lowest BCUT2D eigenvalue weighted by Crippen LogP contribution is -2.50. The average molecular weight is 424 g/mol. The van der Waals surface area contributed by atoms with Gasteiger partial charge >= 0.3 is 6.03 Å². The zero-order valence-corrected chi connectivity index (χ0v) is 17.9. The number of aromatic nitrogens is 4. The smallest absolute Gasteiger partial charge is 0.321 e. The van der Waals surface area contributed by atoms with Crippen LogP contribution in [0.5, 0.6) is 0 Å². The number of hydrogen-bond acceptors (Lipinski definition) is 6. The second kappa shape index (κ2) is 9.17. The van der Waals surface area contributed by atoms with Crippen LogP contribution in [0.25, 0.3) is 0 Å². The topological polar surface area (TPSA) is 79.2 Å². The van der Waals surface area contributed by atoms with Crippen LogP contribution in [0, 0.1) is 0 Å². The minimum absolute atomic E-state index is 0.0633. The molecule has 1 atom stereocenters. The van der Waals surface area contributed by atoms with Gasteiger partial charge in [0.05, 0.1) is 11.9 Å². The molecule has 1 aliphatic heterocycles. The molecule has 2 amide bonds. The maximum Gasteiger partial charge on any atom is 0.321 e. The van der Waals surface area contributed by atoms with Crippen molar-refractivity contribution in [1.82, 2.24) is 24.6 Å². The van der Waals surface area contributed by atoms with Gasteiger partial charge in [0, 0.05) is 50.4 Å². The van der Waals surface area contributed by atoms with Crippen LogP contribution in [0.1, 0.15) is 17.7 Å². The molecule has 3 aromatic rings. The third-order valence-corrected chi connectivity index (χ3v) is 6.34. The number of thioether (sulfide) groups is 1. The molecule has 4 rings (SSSR count). The second-order valence-corrected chi connectivity index (χ2v) is 8.53. The first-order valence-corrected chi connectivity index (χ1v) is 10.8. The lowest BCUT2D eigenvalue weighted by molar-refractivity contribution is 0.208. The monoisotopic (exact) mass is 423 g/mol. The predicted octanol–water partition coefficient (Wildman–Crippen LogP) is 3.42. The summed E-state index contributed by atoms with van der Waals surface area (Å²) < 4.78 is 1.90. The van der Waals surface area contributed by atoms with E-state index in [0.29, 0.717) is 13.1 Å². The maximum absolute atomic E-state index is 12.7. The Hall–Kier alpha value is -3.07. The number of urea groups is 1. The molecule has 1 aromatic carbocycles. The molecule has 0 bridgehead atoms. The van der Waals surface area contributed by atoms with Gasteiger partial charge in [0.25, 0.3) is 0 Å². The summed E-state index contributed by atoms with van der Waals surface area (Å²) in [6.45, 7) is 5.07. The Morgan fingerprint density at radius 2 is 2.00 bits per heavy atom. The second-order valence-electron chi connectivity index (χ2n) is 7.23. The third-order valence-electron chi connectivity index (χ3n) is 5.14. The van der Waals surface area contributed by atoms with E-state index in [4.69, 9.17) is 0 Å². The maximum atomic E-state index is 12.7. The fraction of sp³-hybridized carbons (Fsp3) is 0.333. The minimum Gasteiger partial charge on any atom is -0.367 e. The zero-order chi connectivity index (χ0) is 20.9. The molecule has 1 saturated heterocycles. The highest BCUT2D eigenvalue weighted by molar-refractivity contribution is 7.99. The van der Waals surface area contributed by atoms with Crippen molar-refractivity contribution in [1.29, 1.82) is 0 Å². The summed E-state index contributed by atoms with van der Waals surface area (Å²) in [5, 5.41) is 12.2. The molecule has 1 fully saturated rings. The third kappa shape index (κ3) is 4.73. The molecule has 1 aliphatic rings. The molecule has 8 nitrogen and oxygen atoms in total. The van der Waals surface area contributed by atoms with Gasteiger partial charge in [-0.1, -0.05) is 23.9 Å². The fourth-order valence-corrected chi connectivity index (χ4v) is 4.29. The van der Waals surface area contributed by atoms with Crippen LogP contribution >= 0.6 is 11.8 Å². The van der Waals surface area contributed by atoms with Crippen molar-refractivity contribution < 1.29 is 4.79 Å². The van der Waals surface area contributed by atoms with Crippen molar-refractivity contribution >= 4 is 29.2 Å². The first-order chi connectivity index (χ1) is 14.6. The highest BCUT2D eigenvalue weighted by Gasteiger charge is 2.21. The molecule has 30 heavy (non-hydrogen) atoms. The van der Waals surface area contributed by atoms with Crippen LogP contribution < -0.4 is 10.2 Å². The van der Waals surface area contributed by atoms with Gasteiger partial charge < -0.3 is 19.7 Å². The van der Waals surface area contributed by atoms with E-state index in [1.807, 2.05) is 47.0 Å². The van der Waals surface area contributed by atoms with E-state index in [-0.39, 0.29) is 11.3 Å². The van der Waals surface area contributed by atoms with Gasteiger partial charge in [0.2, 0.25) is 0 Å². The number of pyridine rings is 1. The van der Waals surface area contributed by atoms with Gasteiger partial charge in [0.15, 0.2) is 5.16 Å². The van der Waals surface area contributed by atoms with Crippen LogP contribution in [-0.4, -0.2) is 56.9 Å². The minimum atomic E-state index is -0.0633. The lowest BCUT2D eigenvalue weighted by Gasteiger charge is -2.35. The van der Waals surface area contributed by atoms with Crippen molar-refractivity contribution in [2.24, 2.45) is 7.05 Å². The van der Waals surface area contributed by atoms with E-state index in [9.17, 15) is 4.79 Å². The van der Waals surface area contributed by atoms with E-state index in [2.05, 4.69) is 44.5 Å². The summed E-state index contributed by atoms with van der Waals surface area (Å²) in [6, 6.07) is 11.9. The van der Waals surface area contributed by atoms with Crippen molar-refractivity contribution in [3.63, 3.8) is 0 Å². The molecular formula is C21H25N7OS. The van der Waals surface area contributed by atoms with Crippen molar-refractivity contribution in [3.8, 4) is 0 Å². The van der Waals surface area contributed by atoms with E-state index < -0.39 is 0 Å². The van der Waals surface area contributed by atoms with E-state index in [0.717, 1.165) is 35.2 Å². The number of nitrogens with one attached hydrogen (secondary N) is 1. The first-order valence-electron chi connectivity index (χ1n) is 9.91. The summed E-state index contributed by atoms with van der Waals surface area (Å²) >= 11 is 1.64. The Kier molecular flexibility index (Phi) is 6.18. The molecule has 0 unspecified atom stereocenters. The normalized spacial score (nSPS) is 15.1. The number of hydrogen-bond donors (Lipinski definition) is 1. The SMILES string of the molecule is C[C@H](Sc1nncn1C)c1cccc(NC(=O)N2CCN(c3cccnc3)CC2)c1. The summed E-state index contributed by atoms with van der Waals surface area (Å²) in [5.74, 6) is 0. The first kappa shape index (κ1) is 20.2.